The lowest BCUT2D eigenvalue weighted by atomic mass is 9.64. The number of rotatable bonds is 5. The maximum atomic E-state index is 13.2. The summed E-state index contributed by atoms with van der Waals surface area (Å²) in [6.07, 6.45) is 7.28. The number of carbonyl (C=O) groups is 1. The van der Waals surface area contributed by atoms with E-state index in [-0.39, 0.29) is 29.5 Å². The molecule has 2 N–H and O–H groups in total. The van der Waals surface area contributed by atoms with E-state index in [9.17, 15) is 9.18 Å². The van der Waals surface area contributed by atoms with E-state index in [0.29, 0.717) is 18.3 Å². The van der Waals surface area contributed by atoms with Crippen LogP contribution in [-0.2, 0) is 5.41 Å². The van der Waals surface area contributed by atoms with Crippen LogP contribution in [0.2, 0.25) is 0 Å². The largest absolute Gasteiger partial charge is 0.350 e. The zero-order valence-corrected chi connectivity index (χ0v) is 16.1. The number of nitrogens with zero attached hydrogens (tertiary/aromatic N) is 2. The van der Waals surface area contributed by atoms with Gasteiger partial charge in [0, 0.05) is 24.7 Å². The Morgan fingerprint density at radius 2 is 2.04 bits per heavy atom. The van der Waals surface area contributed by atoms with Gasteiger partial charge in [-0.25, -0.2) is 4.39 Å². The third-order valence-corrected chi connectivity index (χ3v) is 5.84. The highest BCUT2D eigenvalue weighted by Gasteiger charge is 2.39. The van der Waals surface area contributed by atoms with E-state index in [0.717, 1.165) is 50.8 Å². The summed E-state index contributed by atoms with van der Waals surface area (Å²) in [5.41, 5.74) is 1.49. The van der Waals surface area contributed by atoms with Gasteiger partial charge < -0.3 is 10.6 Å². The molecule has 1 saturated carbocycles. The Morgan fingerprint density at radius 1 is 1.26 bits per heavy atom. The van der Waals surface area contributed by atoms with Crippen molar-refractivity contribution in [3.63, 3.8) is 0 Å². The molecule has 1 aromatic heterocycles. The summed E-state index contributed by atoms with van der Waals surface area (Å²) in [6, 6.07) is 8.78. The lowest BCUT2D eigenvalue weighted by Crippen LogP contribution is -2.45. The van der Waals surface area contributed by atoms with Crippen molar-refractivity contribution in [2.24, 2.45) is 0 Å². The molecule has 5 nitrogen and oxygen atoms in total. The number of hydrogen-bond acceptors (Lipinski definition) is 3. The minimum Gasteiger partial charge on any atom is -0.350 e. The monoisotopic (exact) mass is 392 g/mol. The van der Waals surface area contributed by atoms with Crippen LogP contribution in [0.1, 0.15) is 54.2 Å². The lowest BCUT2D eigenvalue weighted by Gasteiger charge is -2.42. The number of benzene rings is 1. The molecule has 1 saturated heterocycles. The number of halogens is 2. The van der Waals surface area contributed by atoms with Crippen molar-refractivity contribution in [2.45, 2.75) is 43.6 Å². The molecule has 1 aliphatic carbocycles. The minimum absolute atomic E-state index is 0. The van der Waals surface area contributed by atoms with E-state index in [1.165, 1.54) is 12.1 Å². The third kappa shape index (κ3) is 4.17. The van der Waals surface area contributed by atoms with Crippen LogP contribution >= 0.6 is 12.4 Å². The fourth-order valence-corrected chi connectivity index (χ4v) is 4.04. The molecule has 2 fully saturated rings. The van der Waals surface area contributed by atoms with Gasteiger partial charge in [-0.2, -0.15) is 5.10 Å². The highest BCUT2D eigenvalue weighted by molar-refractivity contribution is 5.92. The number of carbonyl (C=O) groups excluding carboxylic acids is 1. The first kappa shape index (κ1) is 19.8. The zero-order valence-electron chi connectivity index (χ0n) is 15.3. The molecule has 1 amide bonds. The van der Waals surface area contributed by atoms with E-state index < -0.39 is 0 Å². The van der Waals surface area contributed by atoms with Crippen LogP contribution in [0.4, 0.5) is 4.39 Å². The summed E-state index contributed by atoms with van der Waals surface area (Å²) in [6.45, 7) is 2.52. The molecule has 27 heavy (non-hydrogen) atoms. The average Bonchev–Trinajstić information content (AvgIpc) is 3.13. The van der Waals surface area contributed by atoms with Gasteiger partial charge in [0.05, 0.1) is 6.04 Å². The first-order chi connectivity index (χ1) is 12.7. The van der Waals surface area contributed by atoms with Crippen molar-refractivity contribution < 1.29 is 9.18 Å². The SMILES string of the molecule is Cl.O=C(NCC1(c2ccc(F)cc2)CCC1)c1ccn(C2CCCNC2)n1. The fraction of sp³-hybridized carbons (Fsp3) is 0.500. The Labute approximate surface area is 165 Å². The molecule has 1 atom stereocenters. The van der Waals surface area contributed by atoms with Gasteiger partial charge >= 0.3 is 0 Å². The van der Waals surface area contributed by atoms with Crippen molar-refractivity contribution in [3.05, 3.63) is 53.6 Å². The number of piperidine rings is 1. The number of nitrogens with one attached hydrogen (secondary N) is 2. The van der Waals surface area contributed by atoms with Crippen LogP contribution in [0.5, 0.6) is 0 Å². The van der Waals surface area contributed by atoms with Crippen LogP contribution < -0.4 is 10.6 Å². The maximum Gasteiger partial charge on any atom is 0.271 e. The van der Waals surface area contributed by atoms with E-state index in [1.54, 1.807) is 6.07 Å². The molecular weight excluding hydrogens is 367 g/mol. The van der Waals surface area contributed by atoms with Gasteiger partial charge in [-0.3, -0.25) is 9.48 Å². The molecular formula is C20H26ClFN4O. The molecule has 0 radical (unpaired) electrons. The van der Waals surface area contributed by atoms with Crippen molar-refractivity contribution >= 4 is 18.3 Å². The van der Waals surface area contributed by atoms with Crippen LogP contribution in [-0.4, -0.2) is 35.3 Å². The van der Waals surface area contributed by atoms with Crippen LogP contribution in [0.25, 0.3) is 0 Å². The van der Waals surface area contributed by atoms with Gasteiger partial charge in [-0.1, -0.05) is 18.6 Å². The summed E-state index contributed by atoms with van der Waals surface area (Å²) in [4.78, 5) is 12.6. The zero-order chi connectivity index (χ0) is 18.0. The smallest absolute Gasteiger partial charge is 0.271 e. The third-order valence-electron chi connectivity index (χ3n) is 5.84. The molecule has 1 aromatic carbocycles. The first-order valence-electron chi connectivity index (χ1n) is 9.46. The van der Waals surface area contributed by atoms with Gasteiger partial charge in [0.25, 0.3) is 5.91 Å². The molecule has 4 rings (SSSR count). The van der Waals surface area contributed by atoms with Crippen LogP contribution in [0, 0.1) is 5.82 Å². The topological polar surface area (TPSA) is 59.0 Å². The second-order valence-electron chi connectivity index (χ2n) is 7.50. The van der Waals surface area contributed by atoms with E-state index >= 15 is 0 Å². The summed E-state index contributed by atoms with van der Waals surface area (Å²) >= 11 is 0. The van der Waals surface area contributed by atoms with Crippen LogP contribution in [0.15, 0.2) is 36.5 Å². The van der Waals surface area contributed by atoms with Crippen molar-refractivity contribution in [2.75, 3.05) is 19.6 Å². The highest BCUT2D eigenvalue weighted by atomic mass is 35.5. The van der Waals surface area contributed by atoms with Gasteiger partial charge in [0.15, 0.2) is 0 Å². The normalized spacial score (nSPS) is 21.0. The maximum absolute atomic E-state index is 13.2. The number of amides is 1. The van der Waals surface area contributed by atoms with E-state index in [4.69, 9.17) is 0 Å². The Bertz CT molecular complexity index is 767. The molecule has 146 valence electrons. The predicted octanol–water partition coefficient (Wildman–Crippen LogP) is 3.22. The Balaban J connectivity index is 0.00000210. The van der Waals surface area contributed by atoms with Crippen molar-refractivity contribution in [1.82, 2.24) is 20.4 Å². The molecule has 1 unspecified atom stereocenters. The van der Waals surface area contributed by atoms with Gasteiger partial charge in [-0.15, -0.1) is 12.4 Å². The lowest BCUT2D eigenvalue weighted by molar-refractivity contribution is 0.0921. The Morgan fingerprint density at radius 3 is 2.67 bits per heavy atom. The van der Waals surface area contributed by atoms with E-state index in [1.807, 2.05) is 23.0 Å². The van der Waals surface area contributed by atoms with E-state index in [2.05, 4.69) is 15.7 Å². The standard InChI is InChI=1S/C20H25FN4O.ClH/c21-16-6-4-15(5-7-16)20(9-2-10-20)14-23-19(26)18-8-12-25(24-18)17-3-1-11-22-13-17;/h4-8,12,17,22H,1-3,9-11,13-14H2,(H,23,26);1H. The van der Waals surface area contributed by atoms with Gasteiger partial charge in [-0.05, 0) is 56.0 Å². The molecule has 2 aliphatic rings. The second-order valence-corrected chi connectivity index (χ2v) is 7.50. The van der Waals surface area contributed by atoms with Gasteiger partial charge in [0.1, 0.15) is 11.5 Å². The second kappa shape index (κ2) is 8.40. The van der Waals surface area contributed by atoms with Crippen molar-refractivity contribution in [1.29, 1.82) is 0 Å². The van der Waals surface area contributed by atoms with Gasteiger partial charge in [0.2, 0.25) is 0 Å². The Kier molecular flexibility index (Phi) is 6.17. The molecule has 7 heteroatoms. The highest BCUT2D eigenvalue weighted by Crippen LogP contribution is 2.43. The molecule has 0 spiro atoms. The number of hydrogen-bond donors (Lipinski definition) is 2. The first-order valence-corrected chi connectivity index (χ1v) is 9.46. The molecule has 1 aliphatic heterocycles. The number of aromatic nitrogens is 2. The average molecular weight is 393 g/mol. The summed E-state index contributed by atoms with van der Waals surface area (Å²) in [5, 5.41) is 10.9. The molecule has 2 aromatic rings. The summed E-state index contributed by atoms with van der Waals surface area (Å²) in [7, 11) is 0. The summed E-state index contributed by atoms with van der Waals surface area (Å²) < 4.78 is 15.1. The van der Waals surface area contributed by atoms with Crippen LogP contribution in [0.3, 0.4) is 0 Å². The van der Waals surface area contributed by atoms with Crippen molar-refractivity contribution in [3.8, 4) is 0 Å². The predicted molar refractivity (Wildman–Crippen MR) is 105 cm³/mol. The Hall–Kier alpha value is -1.92. The molecule has 2 heterocycles. The fourth-order valence-electron chi connectivity index (χ4n) is 4.04. The quantitative estimate of drug-likeness (QED) is 0.821. The summed E-state index contributed by atoms with van der Waals surface area (Å²) in [5.74, 6) is -0.365. The minimum atomic E-state index is -0.227. The molecule has 0 bridgehead atoms.